The standard InChI is InChI=1S/C17H20N2O2/c1-11(2)21-17(20)15-10-13(18)7-8-16(15)19-14-6-4-5-12(3)9-14/h4-11,19H,18H2,1-3H3. The largest absolute Gasteiger partial charge is 0.459 e. The Balaban J connectivity index is 2.32. The smallest absolute Gasteiger partial charge is 0.340 e. The molecule has 0 fully saturated rings. The summed E-state index contributed by atoms with van der Waals surface area (Å²) in [7, 11) is 0. The third kappa shape index (κ3) is 3.99. The molecule has 0 atom stereocenters. The maximum absolute atomic E-state index is 12.2. The zero-order valence-electron chi connectivity index (χ0n) is 12.5. The third-order valence-corrected chi connectivity index (χ3v) is 2.90. The number of nitrogen functional groups attached to an aromatic ring is 1. The minimum Gasteiger partial charge on any atom is -0.459 e. The summed E-state index contributed by atoms with van der Waals surface area (Å²) in [4.78, 5) is 12.2. The summed E-state index contributed by atoms with van der Waals surface area (Å²) in [6, 6.07) is 13.1. The molecule has 0 aliphatic carbocycles. The normalized spacial score (nSPS) is 10.5. The lowest BCUT2D eigenvalue weighted by atomic mass is 10.1. The molecule has 0 heterocycles. The van der Waals surface area contributed by atoms with Gasteiger partial charge in [0, 0.05) is 11.4 Å². The second kappa shape index (κ2) is 6.31. The molecule has 110 valence electrons. The summed E-state index contributed by atoms with van der Waals surface area (Å²) >= 11 is 0. The van der Waals surface area contributed by atoms with Crippen molar-refractivity contribution < 1.29 is 9.53 Å². The number of carbonyl (C=O) groups is 1. The number of nitrogens with two attached hydrogens (primary N) is 1. The molecule has 2 aromatic carbocycles. The zero-order chi connectivity index (χ0) is 15.4. The molecule has 4 nitrogen and oxygen atoms in total. The fourth-order valence-corrected chi connectivity index (χ4v) is 2.00. The predicted molar refractivity (Wildman–Crippen MR) is 85.9 cm³/mol. The van der Waals surface area contributed by atoms with Crippen molar-refractivity contribution >= 4 is 23.0 Å². The van der Waals surface area contributed by atoms with Crippen LogP contribution < -0.4 is 11.1 Å². The van der Waals surface area contributed by atoms with E-state index in [2.05, 4.69) is 5.32 Å². The van der Waals surface area contributed by atoms with Crippen molar-refractivity contribution in [1.82, 2.24) is 0 Å². The third-order valence-electron chi connectivity index (χ3n) is 2.90. The average molecular weight is 284 g/mol. The van der Waals surface area contributed by atoms with Gasteiger partial charge in [-0.15, -0.1) is 0 Å². The number of esters is 1. The zero-order valence-corrected chi connectivity index (χ0v) is 12.5. The highest BCUT2D eigenvalue weighted by Gasteiger charge is 2.15. The van der Waals surface area contributed by atoms with E-state index in [4.69, 9.17) is 10.5 Å². The SMILES string of the molecule is Cc1cccc(Nc2ccc(N)cc2C(=O)OC(C)C)c1. The topological polar surface area (TPSA) is 64.3 Å². The number of aryl methyl sites for hydroxylation is 1. The molecule has 2 rings (SSSR count). The first kappa shape index (κ1) is 14.9. The minimum atomic E-state index is -0.382. The van der Waals surface area contributed by atoms with Gasteiger partial charge in [-0.2, -0.15) is 0 Å². The van der Waals surface area contributed by atoms with E-state index in [0.29, 0.717) is 16.9 Å². The van der Waals surface area contributed by atoms with Crippen molar-refractivity contribution in [2.24, 2.45) is 0 Å². The second-order valence-electron chi connectivity index (χ2n) is 5.25. The molecule has 0 aromatic heterocycles. The van der Waals surface area contributed by atoms with Crippen molar-refractivity contribution in [2.75, 3.05) is 11.1 Å². The Morgan fingerprint density at radius 3 is 2.62 bits per heavy atom. The van der Waals surface area contributed by atoms with E-state index in [1.807, 2.05) is 45.0 Å². The molecule has 0 bridgehead atoms. The van der Waals surface area contributed by atoms with Crippen molar-refractivity contribution in [3.05, 3.63) is 53.6 Å². The van der Waals surface area contributed by atoms with Crippen LogP contribution in [-0.4, -0.2) is 12.1 Å². The van der Waals surface area contributed by atoms with E-state index in [1.165, 1.54) is 0 Å². The molecular weight excluding hydrogens is 264 g/mol. The Bertz CT molecular complexity index is 651. The number of ether oxygens (including phenoxy) is 1. The van der Waals surface area contributed by atoms with Gasteiger partial charge in [-0.1, -0.05) is 12.1 Å². The lowest BCUT2D eigenvalue weighted by Gasteiger charge is -2.14. The summed E-state index contributed by atoms with van der Waals surface area (Å²) in [5, 5.41) is 3.24. The minimum absolute atomic E-state index is 0.175. The molecule has 0 aliphatic rings. The number of hydrogen-bond donors (Lipinski definition) is 2. The molecule has 0 saturated carbocycles. The molecular formula is C17H20N2O2. The van der Waals surface area contributed by atoms with Crippen LogP contribution in [0.1, 0.15) is 29.8 Å². The Morgan fingerprint density at radius 1 is 1.19 bits per heavy atom. The molecule has 0 spiro atoms. The molecule has 0 unspecified atom stereocenters. The van der Waals surface area contributed by atoms with Crippen LogP contribution in [0.15, 0.2) is 42.5 Å². The molecule has 21 heavy (non-hydrogen) atoms. The fraction of sp³-hybridized carbons (Fsp3) is 0.235. The average Bonchev–Trinajstić information content (AvgIpc) is 2.40. The van der Waals surface area contributed by atoms with Crippen molar-refractivity contribution in [3.63, 3.8) is 0 Å². The van der Waals surface area contributed by atoms with Gasteiger partial charge in [0.25, 0.3) is 0 Å². The van der Waals surface area contributed by atoms with Crippen LogP contribution in [0.4, 0.5) is 17.1 Å². The fourth-order valence-electron chi connectivity index (χ4n) is 2.00. The van der Waals surface area contributed by atoms with E-state index in [-0.39, 0.29) is 12.1 Å². The summed E-state index contributed by atoms with van der Waals surface area (Å²) < 4.78 is 5.26. The van der Waals surface area contributed by atoms with E-state index in [9.17, 15) is 4.79 Å². The van der Waals surface area contributed by atoms with Gasteiger partial charge in [0.05, 0.1) is 17.4 Å². The highest BCUT2D eigenvalue weighted by Crippen LogP contribution is 2.24. The van der Waals surface area contributed by atoms with Crippen LogP contribution in [-0.2, 0) is 4.74 Å². The predicted octanol–water partition coefficient (Wildman–Crippen LogP) is 3.89. The maximum Gasteiger partial charge on any atom is 0.340 e. The first-order valence-electron chi connectivity index (χ1n) is 6.90. The number of nitrogens with one attached hydrogen (secondary N) is 1. The van der Waals surface area contributed by atoms with Crippen molar-refractivity contribution in [1.29, 1.82) is 0 Å². The summed E-state index contributed by atoms with van der Waals surface area (Å²) in [6.07, 6.45) is -0.175. The van der Waals surface area contributed by atoms with Crippen LogP contribution in [0.25, 0.3) is 0 Å². The van der Waals surface area contributed by atoms with Crippen LogP contribution in [0.3, 0.4) is 0 Å². The molecule has 2 aromatic rings. The lowest BCUT2D eigenvalue weighted by Crippen LogP contribution is -2.13. The van der Waals surface area contributed by atoms with Gasteiger partial charge in [0.1, 0.15) is 0 Å². The lowest BCUT2D eigenvalue weighted by molar-refractivity contribution is 0.0379. The Kier molecular flexibility index (Phi) is 4.48. The number of benzene rings is 2. The van der Waals surface area contributed by atoms with Gasteiger partial charge in [0.15, 0.2) is 0 Å². The van der Waals surface area contributed by atoms with E-state index >= 15 is 0 Å². The molecule has 0 saturated heterocycles. The monoisotopic (exact) mass is 284 g/mol. The highest BCUT2D eigenvalue weighted by molar-refractivity contribution is 5.97. The Hall–Kier alpha value is -2.49. The number of carbonyl (C=O) groups excluding carboxylic acids is 1. The number of rotatable bonds is 4. The van der Waals surface area contributed by atoms with Gasteiger partial charge >= 0.3 is 5.97 Å². The van der Waals surface area contributed by atoms with Gasteiger partial charge in [-0.3, -0.25) is 0 Å². The Morgan fingerprint density at radius 2 is 1.95 bits per heavy atom. The van der Waals surface area contributed by atoms with Crippen LogP contribution in [0, 0.1) is 6.92 Å². The van der Waals surface area contributed by atoms with Gasteiger partial charge in [-0.05, 0) is 56.7 Å². The summed E-state index contributed by atoms with van der Waals surface area (Å²) in [6.45, 7) is 5.65. The summed E-state index contributed by atoms with van der Waals surface area (Å²) in [5.74, 6) is -0.382. The Labute approximate surface area is 124 Å². The quantitative estimate of drug-likeness (QED) is 0.660. The molecule has 4 heteroatoms. The number of anilines is 3. The second-order valence-corrected chi connectivity index (χ2v) is 5.25. The molecule has 0 aliphatic heterocycles. The van der Waals surface area contributed by atoms with Crippen molar-refractivity contribution in [2.45, 2.75) is 26.9 Å². The number of hydrogen-bond acceptors (Lipinski definition) is 4. The highest BCUT2D eigenvalue weighted by atomic mass is 16.5. The van der Waals surface area contributed by atoms with Gasteiger partial charge < -0.3 is 15.8 Å². The van der Waals surface area contributed by atoms with Crippen LogP contribution in [0.2, 0.25) is 0 Å². The van der Waals surface area contributed by atoms with Crippen LogP contribution >= 0.6 is 0 Å². The van der Waals surface area contributed by atoms with Gasteiger partial charge in [0.2, 0.25) is 0 Å². The first-order chi connectivity index (χ1) is 9.95. The van der Waals surface area contributed by atoms with E-state index in [0.717, 1.165) is 11.3 Å². The van der Waals surface area contributed by atoms with Gasteiger partial charge in [-0.25, -0.2) is 4.79 Å². The molecule has 0 radical (unpaired) electrons. The van der Waals surface area contributed by atoms with Crippen molar-refractivity contribution in [3.8, 4) is 0 Å². The van der Waals surface area contributed by atoms with Crippen LogP contribution in [0.5, 0.6) is 0 Å². The maximum atomic E-state index is 12.2. The molecule has 3 N–H and O–H groups in total. The first-order valence-corrected chi connectivity index (χ1v) is 6.90. The summed E-state index contributed by atoms with van der Waals surface area (Å²) in [5.41, 5.74) is 9.48. The van der Waals surface area contributed by atoms with E-state index < -0.39 is 0 Å². The molecule has 0 amide bonds. The van der Waals surface area contributed by atoms with E-state index in [1.54, 1.807) is 18.2 Å².